The van der Waals surface area contributed by atoms with Crippen molar-refractivity contribution >= 4 is 23.5 Å². The second-order valence-corrected chi connectivity index (χ2v) is 4.73. The van der Waals surface area contributed by atoms with Gasteiger partial charge in [0.05, 0.1) is 12.2 Å². The monoisotopic (exact) mass is 236 g/mol. The fourth-order valence-electron chi connectivity index (χ4n) is 2.13. The topological polar surface area (TPSA) is 59.8 Å². The number of nitrogens with one attached hydrogen (secondary N) is 1. The Labute approximate surface area is 97.3 Å². The molecule has 5 nitrogen and oxygen atoms in total. The number of carbonyl (C=O) groups is 1. The standard InChI is InChI=1S/C10H12N4OS/c1-16-10-12-9-11-8-6(5-14(9)13-10)3-2-4-7(8)15/h2-5H2,1H3,(H,11,12,13). The van der Waals surface area contributed by atoms with E-state index in [4.69, 9.17) is 0 Å². The van der Waals surface area contributed by atoms with Crippen LogP contribution in [0.3, 0.4) is 0 Å². The number of rotatable bonds is 1. The van der Waals surface area contributed by atoms with E-state index in [1.807, 2.05) is 10.9 Å². The van der Waals surface area contributed by atoms with Gasteiger partial charge in [0.25, 0.3) is 0 Å². The normalized spacial score (nSPS) is 19.2. The number of Topliss-reactive ketones (excluding diaryl/α,β-unsaturated/α-hetero) is 1. The molecule has 0 amide bonds. The number of allylic oxidation sites excluding steroid dienone is 2. The summed E-state index contributed by atoms with van der Waals surface area (Å²) in [6, 6.07) is 0. The highest BCUT2D eigenvalue weighted by atomic mass is 32.2. The van der Waals surface area contributed by atoms with E-state index in [1.165, 1.54) is 17.3 Å². The zero-order valence-electron chi connectivity index (χ0n) is 8.99. The van der Waals surface area contributed by atoms with Gasteiger partial charge in [-0.2, -0.15) is 4.98 Å². The van der Waals surface area contributed by atoms with Crippen LogP contribution in [0, 0.1) is 0 Å². The van der Waals surface area contributed by atoms with Gasteiger partial charge in [0.2, 0.25) is 11.1 Å². The highest BCUT2D eigenvalue weighted by Gasteiger charge is 2.27. The quantitative estimate of drug-likeness (QED) is 0.747. The van der Waals surface area contributed by atoms with Gasteiger partial charge in [0, 0.05) is 6.42 Å². The first kappa shape index (κ1) is 9.89. The van der Waals surface area contributed by atoms with Crippen molar-refractivity contribution in [3.05, 3.63) is 11.3 Å². The third-order valence-corrected chi connectivity index (χ3v) is 3.47. The van der Waals surface area contributed by atoms with E-state index in [0.29, 0.717) is 18.9 Å². The van der Waals surface area contributed by atoms with Crippen LogP contribution in [0.25, 0.3) is 0 Å². The van der Waals surface area contributed by atoms with E-state index in [9.17, 15) is 4.79 Å². The van der Waals surface area contributed by atoms with E-state index in [-0.39, 0.29) is 5.78 Å². The van der Waals surface area contributed by atoms with E-state index >= 15 is 0 Å². The molecule has 16 heavy (non-hydrogen) atoms. The Hall–Kier alpha value is -1.30. The molecule has 2 heterocycles. The van der Waals surface area contributed by atoms with Gasteiger partial charge < -0.3 is 5.32 Å². The SMILES string of the molecule is CSc1nc2n(n1)CC1=C(N2)C(=O)CCC1. The summed E-state index contributed by atoms with van der Waals surface area (Å²) in [4.78, 5) is 16.0. The Morgan fingerprint density at radius 3 is 3.12 bits per heavy atom. The minimum Gasteiger partial charge on any atom is -0.321 e. The first-order chi connectivity index (χ1) is 7.78. The molecule has 1 aliphatic heterocycles. The maximum atomic E-state index is 11.7. The average Bonchev–Trinajstić information content (AvgIpc) is 2.69. The molecule has 1 aromatic heterocycles. The molecule has 0 atom stereocenters. The number of hydrogen-bond acceptors (Lipinski definition) is 5. The molecule has 0 saturated carbocycles. The summed E-state index contributed by atoms with van der Waals surface area (Å²) >= 11 is 1.51. The molecule has 0 bridgehead atoms. The van der Waals surface area contributed by atoms with Gasteiger partial charge in [-0.05, 0) is 24.7 Å². The molecule has 1 N–H and O–H groups in total. The predicted octanol–water partition coefficient (Wildman–Crippen LogP) is 1.43. The van der Waals surface area contributed by atoms with Crippen LogP contribution < -0.4 is 5.32 Å². The van der Waals surface area contributed by atoms with Gasteiger partial charge in [-0.1, -0.05) is 11.8 Å². The molecule has 0 spiro atoms. The van der Waals surface area contributed by atoms with Crippen molar-refractivity contribution in [3.63, 3.8) is 0 Å². The Morgan fingerprint density at radius 2 is 2.31 bits per heavy atom. The molecule has 0 radical (unpaired) electrons. The molecule has 1 aromatic rings. The Balaban J connectivity index is 1.98. The van der Waals surface area contributed by atoms with E-state index in [1.54, 1.807) is 0 Å². The molecule has 0 aromatic carbocycles. The molecule has 0 unspecified atom stereocenters. The lowest BCUT2D eigenvalue weighted by molar-refractivity contribution is -0.116. The Bertz CT molecular complexity index is 491. The zero-order chi connectivity index (χ0) is 11.1. The van der Waals surface area contributed by atoms with Crippen molar-refractivity contribution in [2.45, 2.75) is 31.0 Å². The van der Waals surface area contributed by atoms with Crippen molar-refractivity contribution in [1.82, 2.24) is 14.8 Å². The van der Waals surface area contributed by atoms with Crippen LogP contribution in [0.1, 0.15) is 19.3 Å². The van der Waals surface area contributed by atoms with Gasteiger partial charge in [-0.15, -0.1) is 5.10 Å². The molecular formula is C10H12N4OS. The molecule has 1 aliphatic carbocycles. The lowest BCUT2D eigenvalue weighted by Gasteiger charge is -2.24. The summed E-state index contributed by atoms with van der Waals surface area (Å²) in [7, 11) is 0. The number of fused-ring (bicyclic) bond motifs is 1. The predicted molar refractivity (Wildman–Crippen MR) is 61.3 cm³/mol. The summed E-state index contributed by atoms with van der Waals surface area (Å²) in [6.07, 6.45) is 4.54. The number of thioether (sulfide) groups is 1. The lowest BCUT2D eigenvalue weighted by atomic mass is 9.94. The van der Waals surface area contributed by atoms with Crippen LogP contribution in [0.2, 0.25) is 0 Å². The van der Waals surface area contributed by atoms with Crippen LogP contribution in [-0.4, -0.2) is 26.8 Å². The first-order valence-electron chi connectivity index (χ1n) is 5.29. The van der Waals surface area contributed by atoms with Crippen molar-refractivity contribution in [2.75, 3.05) is 11.6 Å². The maximum absolute atomic E-state index is 11.7. The van der Waals surface area contributed by atoms with Crippen molar-refractivity contribution in [2.24, 2.45) is 0 Å². The summed E-state index contributed by atoms with van der Waals surface area (Å²) in [5, 5.41) is 8.20. The summed E-state index contributed by atoms with van der Waals surface area (Å²) in [5.74, 6) is 0.902. The fourth-order valence-corrected chi connectivity index (χ4v) is 2.49. The number of carbonyl (C=O) groups excluding carboxylic acids is 1. The van der Waals surface area contributed by atoms with Crippen LogP contribution >= 0.6 is 11.8 Å². The van der Waals surface area contributed by atoms with Crippen LogP contribution in [-0.2, 0) is 11.3 Å². The highest BCUT2D eigenvalue weighted by molar-refractivity contribution is 7.98. The third-order valence-electron chi connectivity index (χ3n) is 2.93. The average molecular weight is 236 g/mol. The first-order valence-corrected chi connectivity index (χ1v) is 6.51. The van der Waals surface area contributed by atoms with Gasteiger partial charge in [0.1, 0.15) is 0 Å². The molecular weight excluding hydrogens is 224 g/mol. The van der Waals surface area contributed by atoms with Crippen LogP contribution in [0.5, 0.6) is 0 Å². The zero-order valence-corrected chi connectivity index (χ0v) is 9.80. The van der Waals surface area contributed by atoms with Gasteiger partial charge >= 0.3 is 0 Å². The van der Waals surface area contributed by atoms with Gasteiger partial charge in [-0.25, -0.2) is 4.68 Å². The molecule has 2 aliphatic rings. The number of aromatic nitrogens is 3. The fraction of sp³-hybridized carbons (Fsp3) is 0.500. The largest absolute Gasteiger partial charge is 0.321 e. The number of nitrogens with zero attached hydrogens (tertiary/aromatic N) is 3. The smallest absolute Gasteiger partial charge is 0.227 e. The Kier molecular flexibility index (Phi) is 2.24. The third kappa shape index (κ3) is 1.44. The van der Waals surface area contributed by atoms with Gasteiger partial charge in [-0.3, -0.25) is 4.79 Å². The minimum atomic E-state index is 0.209. The molecule has 0 saturated heterocycles. The van der Waals surface area contributed by atoms with Crippen LogP contribution in [0.4, 0.5) is 5.95 Å². The lowest BCUT2D eigenvalue weighted by Crippen LogP contribution is -2.26. The van der Waals surface area contributed by atoms with E-state index in [2.05, 4.69) is 15.4 Å². The van der Waals surface area contributed by atoms with E-state index < -0.39 is 0 Å². The van der Waals surface area contributed by atoms with Crippen molar-refractivity contribution in [1.29, 1.82) is 0 Å². The second kappa shape index (κ2) is 3.62. The minimum absolute atomic E-state index is 0.209. The molecule has 0 fully saturated rings. The number of hydrogen-bond donors (Lipinski definition) is 1. The van der Waals surface area contributed by atoms with Crippen molar-refractivity contribution in [3.8, 4) is 0 Å². The van der Waals surface area contributed by atoms with E-state index in [0.717, 1.165) is 23.7 Å². The maximum Gasteiger partial charge on any atom is 0.227 e. The molecule has 3 rings (SSSR count). The molecule has 6 heteroatoms. The van der Waals surface area contributed by atoms with Crippen LogP contribution in [0.15, 0.2) is 16.4 Å². The molecule has 84 valence electrons. The number of ketones is 1. The number of anilines is 1. The highest BCUT2D eigenvalue weighted by Crippen LogP contribution is 2.29. The summed E-state index contributed by atoms with van der Waals surface area (Å²) in [6.45, 7) is 0.705. The van der Waals surface area contributed by atoms with Gasteiger partial charge in [0.15, 0.2) is 5.78 Å². The summed E-state index contributed by atoms with van der Waals surface area (Å²) in [5.41, 5.74) is 1.93. The second-order valence-electron chi connectivity index (χ2n) is 3.96. The summed E-state index contributed by atoms with van der Waals surface area (Å²) < 4.78 is 1.84. The van der Waals surface area contributed by atoms with Crippen molar-refractivity contribution < 1.29 is 4.79 Å². The Morgan fingerprint density at radius 1 is 1.44 bits per heavy atom.